The number of benzene rings is 2. The fraction of sp³-hybridized carbons (Fsp3) is 0.235. The van der Waals surface area contributed by atoms with Crippen LogP contribution in [0.5, 0.6) is 0 Å². The Hall–Kier alpha value is -2.34. The van der Waals surface area contributed by atoms with Crippen molar-refractivity contribution in [2.24, 2.45) is 0 Å². The number of hydrogen-bond acceptors (Lipinski definition) is 2. The summed E-state index contributed by atoms with van der Waals surface area (Å²) >= 11 is 0. The molecule has 0 spiro atoms. The summed E-state index contributed by atoms with van der Waals surface area (Å²) < 4.78 is 13.5. The van der Waals surface area contributed by atoms with Gasteiger partial charge < -0.3 is 5.32 Å². The van der Waals surface area contributed by atoms with E-state index in [0.717, 1.165) is 6.42 Å². The van der Waals surface area contributed by atoms with Gasteiger partial charge in [-0.1, -0.05) is 24.3 Å². The van der Waals surface area contributed by atoms with Crippen molar-refractivity contribution in [3.63, 3.8) is 0 Å². The molecule has 3 rings (SSSR count). The molecule has 3 heteroatoms. The third-order valence-electron chi connectivity index (χ3n) is 3.77. The third kappa shape index (κ3) is 2.37. The Kier molecular flexibility index (Phi) is 3.39. The molecule has 0 fully saturated rings. The van der Waals surface area contributed by atoms with E-state index in [4.69, 9.17) is 5.26 Å². The van der Waals surface area contributed by atoms with E-state index in [9.17, 15) is 4.39 Å². The summed E-state index contributed by atoms with van der Waals surface area (Å²) in [5.41, 5.74) is 4.65. The normalized spacial score (nSPS) is 12.8. The molecule has 0 saturated heterocycles. The molecule has 0 amide bonds. The number of fused-ring (bicyclic) bond motifs is 1. The number of rotatable bonds is 3. The average Bonchev–Trinajstić information content (AvgIpc) is 2.92. The monoisotopic (exact) mass is 266 g/mol. The predicted molar refractivity (Wildman–Crippen MR) is 76.9 cm³/mol. The number of halogens is 1. The largest absolute Gasteiger partial charge is 0.380 e. The molecule has 2 aromatic rings. The second kappa shape index (κ2) is 5.34. The molecule has 0 saturated carbocycles. The molecule has 1 aliphatic rings. The highest BCUT2D eigenvalue weighted by molar-refractivity contribution is 5.58. The van der Waals surface area contributed by atoms with Crippen molar-refractivity contribution in [2.75, 3.05) is 5.32 Å². The third-order valence-corrected chi connectivity index (χ3v) is 3.77. The lowest BCUT2D eigenvalue weighted by molar-refractivity contribution is 0.624. The number of anilines is 1. The van der Waals surface area contributed by atoms with Gasteiger partial charge in [-0.3, -0.25) is 0 Å². The van der Waals surface area contributed by atoms with E-state index in [1.54, 1.807) is 12.1 Å². The SMILES string of the molecule is N#Cc1c(F)cccc1NCc1ccc2c(c1)CCC2. The first kappa shape index (κ1) is 12.7. The van der Waals surface area contributed by atoms with E-state index >= 15 is 0 Å². The van der Waals surface area contributed by atoms with Crippen molar-refractivity contribution in [1.29, 1.82) is 5.26 Å². The maximum absolute atomic E-state index is 13.5. The Labute approximate surface area is 117 Å². The first-order chi connectivity index (χ1) is 9.78. The molecule has 0 aliphatic heterocycles. The second-order valence-corrected chi connectivity index (χ2v) is 5.08. The summed E-state index contributed by atoms with van der Waals surface area (Å²) in [6.45, 7) is 0.603. The highest BCUT2D eigenvalue weighted by atomic mass is 19.1. The number of nitrogens with one attached hydrogen (secondary N) is 1. The van der Waals surface area contributed by atoms with Crippen molar-refractivity contribution in [2.45, 2.75) is 25.8 Å². The van der Waals surface area contributed by atoms with E-state index in [2.05, 4.69) is 23.5 Å². The first-order valence-corrected chi connectivity index (χ1v) is 6.81. The number of nitrogens with zero attached hydrogens (tertiary/aromatic N) is 1. The van der Waals surface area contributed by atoms with Gasteiger partial charge in [0.2, 0.25) is 0 Å². The van der Waals surface area contributed by atoms with Gasteiger partial charge in [0.25, 0.3) is 0 Å². The highest BCUT2D eigenvalue weighted by Crippen LogP contribution is 2.24. The second-order valence-electron chi connectivity index (χ2n) is 5.08. The Balaban J connectivity index is 1.77. The van der Waals surface area contributed by atoms with Crippen LogP contribution in [0, 0.1) is 17.1 Å². The average molecular weight is 266 g/mol. The van der Waals surface area contributed by atoms with Crippen LogP contribution in [0.25, 0.3) is 0 Å². The molecule has 20 heavy (non-hydrogen) atoms. The van der Waals surface area contributed by atoms with Gasteiger partial charge in [0, 0.05) is 6.54 Å². The van der Waals surface area contributed by atoms with Crippen LogP contribution in [0.15, 0.2) is 36.4 Å². The Morgan fingerprint density at radius 1 is 1.15 bits per heavy atom. The lowest BCUT2D eigenvalue weighted by Gasteiger charge is -2.10. The van der Waals surface area contributed by atoms with Crippen molar-refractivity contribution in [1.82, 2.24) is 0 Å². The molecule has 0 unspecified atom stereocenters. The zero-order valence-corrected chi connectivity index (χ0v) is 11.1. The van der Waals surface area contributed by atoms with Gasteiger partial charge in [-0.25, -0.2) is 4.39 Å². The fourth-order valence-corrected chi connectivity index (χ4v) is 2.72. The zero-order chi connectivity index (χ0) is 13.9. The van der Waals surface area contributed by atoms with Crippen LogP contribution in [-0.2, 0) is 19.4 Å². The minimum atomic E-state index is -0.480. The molecule has 1 N–H and O–H groups in total. The Morgan fingerprint density at radius 2 is 2.00 bits per heavy atom. The predicted octanol–water partition coefficient (Wildman–Crippen LogP) is 3.80. The molecule has 100 valence electrons. The number of hydrogen-bond donors (Lipinski definition) is 1. The molecule has 1 aliphatic carbocycles. The van der Waals surface area contributed by atoms with Crippen LogP contribution >= 0.6 is 0 Å². The van der Waals surface area contributed by atoms with Gasteiger partial charge in [-0.05, 0) is 48.1 Å². The molecule has 0 radical (unpaired) electrons. The summed E-state index contributed by atoms with van der Waals surface area (Å²) in [6, 6.07) is 13.0. The molecule has 0 atom stereocenters. The highest BCUT2D eigenvalue weighted by Gasteiger charge is 2.11. The van der Waals surface area contributed by atoms with Gasteiger partial charge in [0.1, 0.15) is 17.4 Å². The van der Waals surface area contributed by atoms with Gasteiger partial charge in [-0.15, -0.1) is 0 Å². The van der Waals surface area contributed by atoms with Crippen LogP contribution in [0.3, 0.4) is 0 Å². The van der Waals surface area contributed by atoms with Crippen molar-refractivity contribution >= 4 is 5.69 Å². The summed E-state index contributed by atoms with van der Waals surface area (Å²) in [7, 11) is 0. The maximum Gasteiger partial charge on any atom is 0.143 e. The van der Waals surface area contributed by atoms with E-state index in [1.807, 2.05) is 6.07 Å². The summed E-state index contributed by atoms with van der Waals surface area (Å²) in [5.74, 6) is -0.480. The van der Waals surface area contributed by atoms with Crippen molar-refractivity contribution in [3.05, 3.63) is 64.5 Å². The molecule has 2 aromatic carbocycles. The summed E-state index contributed by atoms with van der Waals surface area (Å²) in [4.78, 5) is 0. The molecular weight excluding hydrogens is 251 g/mol. The summed E-state index contributed by atoms with van der Waals surface area (Å²) in [5, 5.41) is 12.1. The van der Waals surface area contributed by atoms with Crippen molar-refractivity contribution in [3.8, 4) is 6.07 Å². The molecular formula is C17H15FN2. The Morgan fingerprint density at radius 3 is 2.85 bits per heavy atom. The fourth-order valence-electron chi connectivity index (χ4n) is 2.72. The topological polar surface area (TPSA) is 35.8 Å². The molecule has 0 heterocycles. The maximum atomic E-state index is 13.5. The van der Waals surface area contributed by atoms with Gasteiger partial charge in [-0.2, -0.15) is 5.26 Å². The smallest absolute Gasteiger partial charge is 0.143 e. The lowest BCUT2D eigenvalue weighted by Crippen LogP contribution is -2.03. The van der Waals surface area contributed by atoms with Crippen LogP contribution < -0.4 is 5.32 Å². The number of nitriles is 1. The van der Waals surface area contributed by atoms with E-state index < -0.39 is 5.82 Å². The lowest BCUT2D eigenvalue weighted by atomic mass is 10.1. The first-order valence-electron chi connectivity index (χ1n) is 6.81. The van der Waals surface area contributed by atoms with Crippen molar-refractivity contribution < 1.29 is 4.39 Å². The summed E-state index contributed by atoms with van der Waals surface area (Å²) in [6.07, 6.45) is 3.55. The molecule has 0 bridgehead atoms. The van der Waals surface area contributed by atoms with Gasteiger partial charge in [0.15, 0.2) is 0 Å². The Bertz CT molecular complexity index is 686. The quantitative estimate of drug-likeness (QED) is 0.917. The van der Waals surface area contributed by atoms with Crippen LogP contribution in [-0.4, -0.2) is 0 Å². The van der Waals surface area contributed by atoms with Gasteiger partial charge in [0.05, 0.1) is 5.69 Å². The molecule has 2 nitrogen and oxygen atoms in total. The minimum absolute atomic E-state index is 0.0775. The van der Waals surface area contributed by atoms with Gasteiger partial charge >= 0.3 is 0 Å². The van der Waals surface area contributed by atoms with Crippen LogP contribution in [0.4, 0.5) is 10.1 Å². The van der Waals surface area contributed by atoms with Crippen LogP contribution in [0.1, 0.15) is 28.7 Å². The number of aryl methyl sites for hydroxylation is 2. The van der Waals surface area contributed by atoms with E-state index in [-0.39, 0.29) is 5.56 Å². The van der Waals surface area contributed by atoms with Crippen LogP contribution in [0.2, 0.25) is 0 Å². The minimum Gasteiger partial charge on any atom is -0.380 e. The standard InChI is InChI=1S/C17H15FN2/c18-16-5-2-6-17(15(16)10-19)20-11-12-7-8-13-3-1-4-14(13)9-12/h2,5-9,20H,1,3-4,11H2. The molecule has 0 aromatic heterocycles. The van der Waals surface area contributed by atoms with E-state index in [0.29, 0.717) is 12.2 Å². The zero-order valence-electron chi connectivity index (χ0n) is 11.1. The van der Waals surface area contributed by atoms with E-state index in [1.165, 1.54) is 35.6 Å².